The number of pyridine rings is 1. The first-order valence-corrected chi connectivity index (χ1v) is 12.9. The summed E-state index contributed by atoms with van der Waals surface area (Å²) in [6, 6.07) is 5.98. The molecule has 1 aromatic carbocycles. The summed E-state index contributed by atoms with van der Waals surface area (Å²) in [5.74, 6) is 0.814. The maximum atomic E-state index is 12.8. The third kappa shape index (κ3) is 6.33. The van der Waals surface area contributed by atoms with E-state index in [0.717, 1.165) is 31.2 Å². The lowest BCUT2D eigenvalue weighted by Crippen LogP contribution is -2.42. The summed E-state index contributed by atoms with van der Waals surface area (Å²) in [5, 5.41) is 10.8. The van der Waals surface area contributed by atoms with Crippen molar-refractivity contribution in [2.45, 2.75) is 70.9 Å². The summed E-state index contributed by atoms with van der Waals surface area (Å²) in [4.78, 5) is 31.4. The molecule has 2 aliphatic rings. The number of amides is 1. The number of nitrogens with two attached hydrogens (primary N) is 2. The van der Waals surface area contributed by atoms with E-state index < -0.39 is 11.6 Å². The van der Waals surface area contributed by atoms with E-state index in [0.29, 0.717) is 48.2 Å². The molecule has 2 aromatic rings. The number of nitrogen functional groups attached to an aromatic ring is 1. The summed E-state index contributed by atoms with van der Waals surface area (Å²) in [6.07, 6.45) is 3.41. The molecule has 9 heteroatoms. The number of rotatable bonds is 7. The molecular weight excluding hydrogens is 472 g/mol. The summed E-state index contributed by atoms with van der Waals surface area (Å²) in [7, 11) is 0. The van der Waals surface area contributed by atoms with Gasteiger partial charge in [-0.15, -0.1) is 0 Å². The number of anilines is 1. The van der Waals surface area contributed by atoms with Crippen LogP contribution in [0.2, 0.25) is 0 Å². The van der Waals surface area contributed by atoms with Gasteiger partial charge in [0.2, 0.25) is 0 Å². The van der Waals surface area contributed by atoms with E-state index in [9.17, 15) is 14.7 Å². The number of piperidine rings is 1. The SMILES string of the molecule is CC(=O)C(N)c1c(C2CCCN(C(=O)OC(C)(C)C)C2)cc(-c2c(O)cccc2OCC2CC2)nc1N. The number of hydrogen-bond donors (Lipinski definition) is 3. The van der Waals surface area contributed by atoms with Gasteiger partial charge in [0.15, 0.2) is 5.78 Å². The summed E-state index contributed by atoms with van der Waals surface area (Å²) in [5.41, 5.74) is 14.2. The minimum Gasteiger partial charge on any atom is -0.507 e. The van der Waals surface area contributed by atoms with Gasteiger partial charge in [-0.05, 0) is 83.1 Å². The van der Waals surface area contributed by atoms with Gasteiger partial charge in [0.05, 0.1) is 23.9 Å². The number of aromatic hydroxyl groups is 1. The number of carbonyl (C=O) groups is 2. The summed E-state index contributed by atoms with van der Waals surface area (Å²) >= 11 is 0. The van der Waals surface area contributed by atoms with Crippen LogP contribution >= 0.6 is 0 Å². The Bertz CT molecular complexity index is 1170. The Morgan fingerprint density at radius 2 is 1.97 bits per heavy atom. The average molecular weight is 511 g/mol. The molecule has 2 unspecified atom stereocenters. The van der Waals surface area contributed by atoms with Crippen LogP contribution in [0.3, 0.4) is 0 Å². The number of Topliss-reactive ketones (excluding diaryl/α,β-unsaturated/α-hetero) is 1. The quantitative estimate of drug-likeness (QED) is 0.493. The van der Waals surface area contributed by atoms with E-state index in [1.54, 1.807) is 23.1 Å². The first-order chi connectivity index (χ1) is 17.4. The molecule has 1 saturated heterocycles. The number of hydrogen-bond acceptors (Lipinski definition) is 8. The van der Waals surface area contributed by atoms with Gasteiger partial charge in [-0.2, -0.15) is 0 Å². The molecule has 37 heavy (non-hydrogen) atoms. The Morgan fingerprint density at radius 1 is 1.24 bits per heavy atom. The van der Waals surface area contributed by atoms with Crippen molar-refractivity contribution in [3.63, 3.8) is 0 Å². The third-order valence-corrected chi connectivity index (χ3v) is 6.81. The smallest absolute Gasteiger partial charge is 0.410 e. The van der Waals surface area contributed by atoms with Crippen molar-refractivity contribution in [1.29, 1.82) is 0 Å². The molecule has 9 nitrogen and oxygen atoms in total. The fourth-order valence-electron chi connectivity index (χ4n) is 4.72. The number of aromatic nitrogens is 1. The number of phenols is 1. The van der Waals surface area contributed by atoms with Gasteiger partial charge < -0.3 is 30.9 Å². The van der Waals surface area contributed by atoms with E-state index in [1.165, 1.54) is 6.92 Å². The summed E-state index contributed by atoms with van der Waals surface area (Å²) in [6.45, 7) is 8.46. The highest BCUT2D eigenvalue weighted by molar-refractivity contribution is 5.85. The fraction of sp³-hybridized carbons (Fsp3) is 0.536. The number of ether oxygens (including phenoxy) is 2. The molecule has 0 bridgehead atoms. The van der Waals surface area contributed by atoms with Crippen LogP contribution in [0.5, 0.6) is 11.5 Å². The highest BCUT2D eigenvalue weighted by Crippen LogP contribution is 2.42. The first kappa shape index (κ1) is 26.7. The molecule has 0 spiro atoms. The Labute approximate surface area is 218 Å². The Morgan fingerprint density at radius 3 is 2.62 bits per heavy atom. The zero-order chi connectivity index (χ0) is 26.9. The van der Waals surface area contributed by atoms with E-state index in [4.69, 9.17) is 20.9 Å². The lowest BCUT2D eigenvalue weighted by molar-refractivity contribution is -0.118. The van der Waals surface area contributed by atoms with Crippen molar-refractivity contribution in [2.75, 3.05) is 25.4 Å². The molecule has 200 valence electrons. The highest BCUT2D eigenvalue weighted by atomic mass is 16.6. The zero-order valence-electron chi connectivity index (χ0n) is 22.1. The van der Waals surface area contributed by atoms with Gasteiger partial charge in [0, 0.05) is 24.6 Å². The maximum absolute atomic E-state index is 12.8. The van der Waals surface area contributed by atoms with Crippen molar-refractivity contribution in [3.05, 3.63) is 35.4 Å². The Kier molecular flexibility index (Phi) is 7.64. The van der Waals surface area contributed by atoms with Crippen LogP contribution in [-0.2, 0) is 9.53 Å². The van der Waals surface area contributed by atoms with Crippen LogP contribution in [0.1, 0.15) is 76.5 Å². The first-order valence-electron chi connectivity index (χ1n) is 12.9. The van der Waals surface area contributed by atoms with Crippen LogP contribution in [0.15, 0.2) is 24.3 Å². The molecule has 0 radical (unpaired) electrons. The average Bonchev–Trinajstić information content (AvgIpc) is 3.65. The second-order valence-corrected chi connectivity index (χ2v) is 11.2. The molecule has 1 amide bonds. The molecule has 2 fully saturated rings. The van der Waals surface area contributed by atoms with Gasteiger partial charge in [-0.3, -0.25) is 4.79 Å². The van der Waals surface area contributed by atoms with E-state index in [1.807, 2.05) is 26.8 Å². The van der Waals surface area contributed by atoms with E-state index in [-0.39, 0.29) is 29.4 Å². The monoisotopic (exact) mass is 510 g/mol. The third-order valence-electron chi connectivity index (χ3n) is 6.81. The van der Waals surface area contributed by atoms with Gasteiger partial charge >= 0.3 is 6.09 Å². The number of phenolic OH excluding ortho intramolecular Hbond substituents is 1. The number of benzene rings is 1. The van der Waals surface area contributed by atoms with Crippen molar-refractivity contribution in [1.82, 2.24) is 9.88 Å². The maximum Gasteiger partial charge on any atom is 0.410 e. The van der Waals surface area contributed by atoms with Crippen molar-refractivity contribution >= 4 is 17.7 Å². The molecule has 1 aliphatic carbocycles. The molecule has 5 N–H and O–H groups in total. The highest BCUT2D eigenvalue weighted by Gasteiger charge is 2.33. The Balaban J connectivity index is 1.75. The van der Waals surface area contributed by atoms with Crippen LogP contribution in [0, 0.1) is 5.92 Å². The standard InChI is InChI=1S/C28H38N4O5/c1-16(33)25(29)23-19(18-7-6-12-32(14-18)27(35)37-28(2,3)4)13-20(31-26(23)30)24-21(34)8-5-9-22(24)36-15-17-10-11-17/h5,8-9,13,17-18,25,34H,6-7,10-12,14-15,29H2,1-4H3,(H2,30,31). The number of nitrogens with zero attached hydrogens (tertiary/aromatic N) is 2. The predicted molar refractivity (Wildman–Crippen MR) is 141 cm³/mol. The van der Waals surface area contributed by atoms with Crippen molar-refractivity contribution in [2.24, 2.45) is 11.7 Å². The minimum absolute atomic E-state index is 0.0220. The second kappa shape index (κ2) is 10.6. The van der Waals surface area contributed by atoms with Crippen LogP contribution in [-0.4, -0.2) is 52.2 Å². The Hall–Kier alpha value is -3.33. The summed E-state index contributed by atoms with van der Waals surface area (Å²) < 4.78 is 11.6. The molecule has 2 heterocycles. The van der Waals surface area contributed by atoms with Crippen LogP contribution in [0.25, 0.3) is 11.3 Å². The molecule has 1 aromatic heterocycles. The van der Waals surface area contributed by atoms with Gasteiger partial charge in [-0.1, -0.05) is 6.07 Å². The van der Waals surface area contributed by atoms with E-state index >= 15 is 0 Å². The van der Waals surface area contributed by atoms with Crippen molar-refractivity contribution < 1.29 is 24.2 Å². The number of ketones is 1. The lowest BCUT2D eigenvalue weighted by atomic mass is 9.84. The lowest BCUT2D eigenvalue weighted by Gasteiger charge is -2.35. The molecule has 1 saturated carbocycles. The van der Waals surface area contributed by atoms with Gasteiger partial charge in [-0.25, -0.2) is 9.78 Å². The largest absolute Gasteiger partial charge is 0.507 e. The number of likely N-dealkylation sites (tertiary alicyclic amines) is 1. The zero-order valence-corrected chi connectivity index (χ0v) is 22.1. The second-order valence-electron chi connectivity index (χ2n) is 11.2. The molecule has 1 aliphatic heterocycles. The van der Waals surface area contributed by atoms with Crippen molar-refractivity contribution in [3.8, 4) is 22.8 Å². The normalized spacial score (nSPS) is 18.8. The molecule has 2 atom stereocenters. The topological polar surface area (TPSA) is 141 Å². The molecule has 4 rings (SSSR count). The predicted octanol–water partition coefficient (Wildman–Crippen LogP) is 4.53. The minimum atomic E-state index is -0.955. The van der Waals surface area contributed by atoms with Gasteiger partial charge in [0.25, 0.3) is 0 Å². The number of carbonyl (C=O) groups excluding carboxylic acids is 2. The molecular formula is C28H38N4O5. The fourth-order valence-corrected chi connectivity index (χ4v) is 4.72. The van der Waals surface area contributed by atoms with Gasteiger partial charge in [0.1, 0.15) is 22.9 Å². The van der Waals surface area contributed by atoms with Crippen LogP contribution in [0.4, 0.5) is 10.6 Å². The van der Waals surface area contributed by atoms with Crippen LogP contribution < -0.4 is 16.2 Å². The van der Waals surface area contributed by atoms with E-state index in [2.05, 4.69) is 4.98 Å².